The van der Waals surface area contributed by atoms with Crippen LogP contribution in [-0.2, 0) is 17.9 Å². The van der Waals surface area contributed by atoms with Crippen LogP contribution in [0.5, 0.6) is 5.75 Å². The van der Waals surface area contributed by atoms with Gasteiger partial charge in [-0.1, -0.05) is 54.6 Å². The van der Waals surface area contributed by atoms with Crippen molar-refractivity contribution >= 4 is 16.7 Å². The normalized spacial score (nSPS) is 15.3. The molecule has 0 unspecified atom stereocenters. The van der Waals surface area contributed by atoms with E-state index in [0.717, 1.165) is 22.9 Å². The van der Waals surface area contributed by atoms with Gasteiger partial charge in [-0.2, -0.15) is 0 Å². The molecule has 1 heterocycles. The summed E-state index contributed by atoms with van der Waals surface area (Å²) in [6.07, 6.45) is 2.07. The second kappa shape index (κ2) is 9.10. The highest BCUT2D eigenvalue weighted by Gasteiger charge is 2.15. The molecular weight excluding hydrogens is 360 g/mol. The lowest BCUT2D eigenvalue weighted by Gasteiger charge is -2.16. The molecule has 150 valence electrons. The third-order valence-corrected chi connectivity index (χ3v) is 5.50. The Morgan fingerprint density at radius 2 is 1.66 bits per heavy atom. The van der Waals surface area contributed by atoms with Crippen molar-refractivity contribution in [1.82, 2.24) is 10.2 Å². The van der Waals surface area contributed by atoms with Gasteiger partial charge in [-0.25, -0.2) is 0 Å². The summed E-state index contributed by atoms with van der Waals surface area (Å²) in [6, 6.07) is 22.5. The van der Waals surface area contributed by atoms with Crippen molar-refractivity contribution in [2.24, 2.45) is 0 Å². The Bertz CT molecular complexity index is 962. The number of nitrogens with one attached hydrogen (secondary N) is 1. The lowest BCUT2D eigenvalue weighted by molar-refractivity contribution is -0.127. The zero-order valence-corrected chi connectivity index (χ0v) is 16.9. The minimum absolute atomic E-state index is 0.112. The molecule has 3 aromatic rings. The average molecular weight is 389 g/mol. The van der Waals surface area contributed by atoms with Crippen LogP contribution in [0.3, 0.4) is 0 Å². The van der Waals surface area contributed by atoms with Crippen LogP contribution in [-0.4, -0.2) is 30.0 Å². The Morgan fingerprint density at radius 3 is 2.41 bits per heavy atom. The summed E-state index contributed by atoms with van der Waals surface area (Å²) in [5.74, 6) is 0.594. The maximum absolute atomic E-state index is 12.4. The number of amides is 1. The van der Waals surface area contributed by atoms with Crippen LogP contribution in [0, 0.1) is 0 Å². The van der Waals surface area contributed by atoms with Crippen molar-refractivity contribution in [3.05, 3.63) is 77.9 Å². The first kappa shape index (κ1) is 19.5. The average Bonchev–Trinajstić information content (AvgIpc) is 3.26. The highest BCUT2D eigenvalue weighted by atomic mass is 16.5. The minimum Gasteiger partial charge on any atom is -0.481 e. The van der Waals surface area contributed by atoms with Gasteiger partial charge in [-0.05, 0) is 66.9 Å². The zero-order valence-electron chi connectivity index (χ0n) is 16.9. The lowest BCUT2D eigenvalue weighted by Crippen LogP contribution is -2.35. The van der Waals surface area contributed by atoms with E-state index in [-0.39, 0.29) is 5.91 Å². The molecule has 1 aliphatic heterocycles. The Hall–Kier alpha value is -2.85. The van der Waals surface area contributed by atoms with Crippen LogP contribution in [0.15, 0.2) is 66.7 Å². The summed E-state index contributed by atoms with van der Waals surface area (Å²) in [5.41, 5.74) is 2.43. The summed E-state index contributed by atoms with van der Waals surface area (Å²) in [4.78, 5) is 14.9. The fraction of sp³-hybridized carbons (Fsp3) is 0.320. The van der Waals surface area contributed by atoms with Crippen LogP contribution in [0.25, 0.3) is 10.8 Å². The van der Waals surface area contributed by atoms with Crippen LogP contribution >= 0.6 is 0 Å². The van der Waals surface area contributed by atoms with Crippen LogP contribution < -0.4 is 10.1 Å². The van der Waals surface area contributed by atoms with Gasteiger partial charge in [0, 0.05) is 13.1 Å². The first-order chi connectivity index (χ1) is 14.2. The molecule has 1 fully saturated rings. The molecule has 0 spiro atoms. The monoisotopic (exact) mass is 388 g/mol. The highest BCUT2D eigenvalue weighted by Crippen LogP contribution is 2.21. The number of hydrogen-bond acceptors (Lipinski definition) is 3. The molecule has 1 atom stereocenters. The number of benzene rings is 3. The van der Waals surface area contributed by atoms with Gasteiger partial charge < -0.3 is 10.1 Å². The number of fused-ring (bicyclic) bond motifs is 1. The number of nitrogens with zero attached hydrogens (tertiary/aromatic N) is 1. The molecule has 4 rings (SSSR count). The van der Waals surface area contributed by atoms with E-state index in [4.69, 9.17) is 4.74 Å². The van der Waals surface area contributed by atoms with Crippen molar-refractivity contribution in [2.75, 3.05) is 13.1 Å². The van der Waals surface area contributed by atoms with Crippen molar-refractivity contribution in [1.29, 1.82) is 0 Å². The number of rotatable bonds is 7. The third-order valence-electron chi connectivity index (χ3n) is 5.50. The quantitative estimate of drug-likeness (QED) is 0.647. The summed E-state index contributed by atoms with van der Waals surface area (Å²) in [7, 11) is 0. The topological polar surface area (TPSA) is 41.6 Å². The molecule has 1 amide bonds. The van der Waals surface area contributed by atoms with E-state index in [1.165, 1.54) is 31.5 Å². The molecule has 0 aromatic heterocycles. The highest BCUT2D eigenvalue weighted by molar-refractivity contribution is 5.84. The molecular formula is C25H28N2O2. The molecule has 1 saturated heterocycles. The fourth-order valence-corrected chi connectivity index (χ4v) is 3.79. The van der Waals surface area contributed by atoms with E-state index in [9.17, 15) is 4.79 Å². The third kappa shape index (κ3) is 5.15. The van der Waals surface area contributed by atoms with Crippen molar-refractivity contribution in [3.63, 3.8) is 0 Å². The van der Waals surface area contributed by atoms with Crippen LogP contribution in [0.4, 0.5) is 0 Å². The minimum atomic E-state index is -0.550. The summed E-state index contributed by atoms with van der Waals surface area (Å²) >= 11 is 0. The van der Waals surface area contributed by atoms with E-state index in [1.807, 2.05) is 36.4 Å². The van der Waals surface area contributed by atoms with Gasteiger partial charge >= 0.3 is 0 Å². The van der Waals surface area contributed by atoms with Gasteiger partial charge in [0.2, 0.25) is 0 Å². The number of hydrogen-bond donors (Lipinski definition) is 1. The Morgan fingerprint density at radius 1 is 0.966 bits per heavy atom. The van der Waals surface area contributed by atoms with Crippen LogP contribution in [0.2, 0.25) is 0 Å². The molecule has 4 heteroatoms. The molecule has 3 aromatic carbocycles. The smallest absolute Gasteiger partial charge is 0.261 e. The summed E-state index contributed by atoms with van der Waals surface area (Å²) in [6.45, 7) is 5.71. The molecule has 0 saturated carbocycles. The predicted octanol–water partition coefficient (Wildman–Crippen LogP) is 4.52. The largest absolute Gasteiger partial charge is 0.481 e. The lowest BCUT2D eigenvalue weighted by atomic mass is 10.1. The number of ether oxygens (including phenoxy) is 1. The molecule has 0 radical (unpaired) electrons. The van der Waals surface area contributed by atoms with Crippen molar-refractivity contribution in [2.45, 2.75) is 39.0 Å². The maximum Gasteiger partial charge on any atom is 0.261 e. The molecule has 1 aliphatic rings. The summed E-state index contributed by atoms with van der Waals surface area (Å²) < 4.78 is 5.85. The van der Waals surface area contributed by atoms with Gasteiger partial charge in [0.1, 0.15) is 5.75 Å². The predicted molar refractivity (Wildman–Crippen MR) is 117 cm³/mol. The Labute approximate surface area is 172 Å². The zero-order chi connectivity index (χ0) is 20.1. The van der Waals surface area contributed by atoms with Gasteiger partial charge in [0.15, 0.2) is 6.10 Å². The van der Waals surface area contributed by atoms with Crippen LogP contribution in [0.1, 0.15) is 30.9 Å². The van der Waals surface area contributed by atoms with E-state index < -0.39 is 6.10 Å². The van der Waals surface area contributed by atoms with E-state index in [0.29, 0.717) is 12.3 Å². The maximum atomic E-state index is 12.4. The van der Waals surface area contributed by atoms with Crippen molar-refractivity contribution in [3.8, 4) is 5.75 Å². The molecule has 29 heavy (non-hydrogen) atoms. The van der Waals surface area contributed by atoms with Gasteiger partial charge in [-0.15, -0.1) is 0 Å². The van der Waals surface area contributed by atoms with E-state index in [1.54, 1.807) is 6.92 Å². The van der Waals surface area contributed by atoms with E-state index >= 15 is 0 Å². The SMILES string of the molecule is C[C@H](Oc1ccc2ccccc2c1)C(=O)NCc1ccc(CN2CCCC2)cc1. The van der Waals surface area contributed by atoms with Gasteiger partial charge in [0.05, 0.1) is 0 Å². The van der Waals surface area contributed by atoms with Gasteiger partial charge in [-0.3, -0.25) is 9.69 Å². The summed E-state index contributed by atoms with van der Waals surface area (Å²) in [5, 5.41) is 5.24. The van der Waals surface area contributed by atoms with Gasteiger partial charge in [0.25, 0.3) is 5.91 Å². The second-order valence-corrected chi connectivity index (χ2v) is 7.79. The van der Waals surface area contributed by atoms with E-state index in [2.05, 4.69) is 40.5 Å². The fourth-order valence-electron chi connectivity index (χ4n) is 3.79. The molecule has 0 bridgehead atoms. The first-order valence-corrected chi connectivity index (χ1v) is 10.4. The molecule has 0 aliphatic carbocycles. The second-order valence-electron chi connectivity index (χ2n) is 7.79. The first-order valence-electron chi connectivity index (χ1n) is 10.4. The molecule has 4 nitrogen and oxygen atoms in total. The standard InChI is InChI=1S/C25H28N2O2/c1-19(29-24-13-12-22-6-2-3-7-23(22)16-24)25(28)26-17-20-8-10-21(11-9-20)18-27-14-4-5-15-27/h2-3,6-13,16,19H,4-5,14-15,17-18H2,1H3,(H,26,28)/t19-/m0/s1. The Balaban J connectivity index is 1.28. The Kier molecular flexibility index (Phi) is 6.11. The molecule has 1 N–H and O–H groups in total. The number of likely N-dealkylation sites (tertiary alicyclic amines) is 1. The van der Waals surface area contributed by atoms with Crippen molar-refractivity contribution < 1.29 is 9.53 Å². The number of carbonyl (C=O) groups is 1. The number of carbonyl (C=O) groups excluding carboxylic acids is 1.